The molecule has 0 radical (unpaired) electrons. The summed E-state index contributed by atoms with van der Waals surface area (Å²) >= 11 is 0. The number of nitrogens with one attached hydrogen (secondary N) is 1. The van der Waals surface area contributed by atoms with Crippen molar-refractivity contribution in [1.29, 1.82) is 0 Å². The van der Waals surface area contributed by atoms with Gasteiger partial charge >= 0.3 is 5.97 Å². The van der Waals surface area contributed by atoms with Gasteiger partial charge in [0.2, 0.25) is 0 Å². The average molecular weight is 339 g/mol. The molecule has 0 unspecified atom stereocenters. The van der Waals surface area contributed by atoms with Crippen LogP contribution in [0, 0.1) is 0 Å². The fourth-order valence-electron chi connectivity index (χ4n) is 2.49. The summed E-state index contributed by atoms with van der Waals surface area (Å²) in [6.45, 7) is 5.34. The SMILES string of the molecule is CC(C)(C)OC(=O)COc1cccc(-c2ccc3[nH]nc(N)c3c2)c1. The monoisotopic (exact) mass is 339 g/mol. The van der Waals surface area contributed by atoms with Crippen LogP contribution in [0.1, 0.15) is 20.8 Å². The molecule has 2 aromatic carbocycles. The Bertz CT molecular complexity index is 910. The van der Waals surface area contributed by atoms with E-state index in [-0.39, 0.29) is 6.61 Å². The number of hydrogen-bond acceptors (Lipinski definition) is 5. The van der Waals surface area contributed by atoms with Crippen LogP contribution >= 0.6 is 0 Å². The Morgan fingerprint density at radius 1 is 1.16 bits per heavy atom. The average Bonchev–Trinajstić information content (AvgIpc) is 2.92. The first-order valence-corrected chi connectivity index (χ1v) is 8.00. The van der Waals surface area contributed by atoms with Crippen molar-refractivity contribution in [3.05, 3.63) is 42.5 Å². The summed E-state index contributed by atoms with van der Waals surface area (Å²) in [5.74, 6) is 0.670. The van der Waals surface area contributed by atoms with Gasteiger partial charge in [0, 0.05) is 5.39 Å². The molecule has 0 aliphatic heterocycles. The number of nitrogen functional groups attached to an aromatic ring is 1. The zero-order valence-electron chi connectivity index (χ0n) is 14.5. The molecule has 0 saturated heterocycles. The number of anilines is 1. The third-order valence-corrected chi connectivity index (χ3v) is 3.54. The highest BCUT2D eigenvalue weighted by Crippen LogP contribution is 2.28. The number of H-pyrrole nitrogens is 1. The van der Waals surface area contributed by atoms with Gasteiger partial charge in [-0.3, -0.25) is 5.10 Å². The normalized spacial score (nSPS) is 11.5. The number of aromatic nitrogens is 2. The lowest BCUT2D eigenvalue weighted by molar-refractivity contribution is -0.157. The van der Waals surface area contributed by atoms with Crippen LogP contribution < -0.4 is 10.5 Å². The predicted octanol–water partition coefficient (Wildman–Crippen LogP) is 3.53. The highest BCUT2D eigenvalue weighted by atomic mass is 16.6. The van der Waals surface area contributed by atoms with E-state index in [4.69, 9.17) is 15.2 Å². The number of nitrogens with zero attached hydrogens (tertiary/aromatic N) is 1. The second-order valence-corrected chi connectivity index (χ2v) is 6.77. The van der Waals surface area contributed by atoms with Gasteiger partial charge in [0.1, 0.15) is 11.4 Å². The van der Waals surface area contributed by atoms with Gasteiger partial charge in [-0.15, -0.1) is 0 Å². The summed E-state index contributed by atoms with van der Waals surface area (Å²) in [7, 11) is 0. The topological polar surface area (TPSA) is 90.2 Å². The van der Waals surface area contributed by atoms with E-state index in [1.807, 2.05) is 57.2 Å². The third-order valence-electron chi connectivity index (χ3n) is 3.54. The zero-order valence-corrected chi connectivity index (χ0v) is 14.5. The Labute approximate surface area is 145 Å². The zero-order chi connectivity index (χ0) is 18.0. The number of hydrogen-bond donors (Lipinski definition) is 2. The number of fused-ring (bicyclic) bond motifs is 1. The minimum atomic E-state index is -0.526. The van der Waals surface area contributed by atoms with Crippen LogP contribution in [0.25, 0.3) is 22.0 Å². The second-order valence-electron chi connectivity index (χ2n) is 6.77. The minimum absolute atomic E-state index is 0.131. The van der Waals surface area contributed by atoms with Crippen LogP contribution in [0.5, 0.6) is 5.75 Å². The lowest BCUT2D eigenvalue weighted by Gasteiger charge is -2.19. The number of rotatable bonds is 4. The lowest BCUT2D eigenvalue weighted by Crippen LogP contribution is -2.27. The third kappa shape index (κ3) is 4.09. The van der Waals surface area contributed by atoms with Crippen LogP contribution in [-0.4, -0.2) is 28.4 Å². The first-order valence-electron chi connectivity index (χ1n) is 8.00. The maximum absolute atomic E-state index is 11.8. The Morgan fingerprint density at radius 3 is 2.68 bits per heavy atom. The number of nitrogens with two attached hydrogens (primary N) is 1. The van der Waals surface area contributed by atoms with Gasteiger partial charge in [-0.25, -0.2) is 4.79 Å². The van der Waals surface area contributed by atoms with Crippen molar-refractivity contribution in [3.63, 3.8) is 0 Å². The highest BCUT2D eigenvalue weighted by Gasteiger charge is 2.16. The molecule has 3 N–H and O–H groups in total. The Kier molecular flexibility index (Phi) is 4.35. The first-order chi connectivity index (χ1) is 11.8. The van der Waals surface area contributed by atoms with Crippen LogP contribution in [0.2, 0.25) is 0 Å². The Hall–Kier alpha value is -3.02. The molecule has 3 aromatic rings. The van der Waals surface area contributed by atoms with Crippen molar-refractivity contribution in [3.8, 4) is 16.9 Å². The van der Waals surface area contributed by atoms with Gasteiger partial charge < -0.3 is 15.2 Å². The van der Waals surface area contributed by atoms with Crippen molar-refractivity contribution >= 4 is 22.7 Å². The largest absolute Gasteiger partial charge is 0.482 e. The van der Waals surface area contributed by atoms with Gasteiger partial charge in [0.15, 0.2) is 12.4 Å². The molecule has 0 aliphatic carbocycles. The molecule has 3 rings (SSSR count). The fourth-order valence-corrected chi connectivity index (χ4v) is 2.49. The van der Waals surface area contributed by atoms with Crippen molar-refractivity contribution < 1.29 is 14.3 Å². The molecule has 130 valence electrons. The molecule has 1 aromatic heterocycles. The number of ether oxygens (including phenoxy) is 2. The van der Waals surface area contributed by atoms with Crippen molar-refractivity contribution in [2.24, 2.45) is 0 Å². The number of esters is 1. The first kappa shape index (κ1) is 16.8. The maximum atomic E-state index is 11.8. The molecule has 1 heterocycles. The van der Waals surface area contributed by atoms with Gasteiger partial charge in [-0.1, -0.05) is 18.2 Å². The quantitative estimate of drug-likeness (QED) is 0.710. The molecule has 0 atom stereocenters. The van der Waals surface area contributed by atoms with E-state index < -0.39 is 11.6 Å². The van der Waals surface area contributed by atoms with E-state index in [2.05, 4.69) is 10.2 Å². The maximum Gasteiger partial charge on any atom is 0.344 e. The molecule has 0 bridgehead atoms. The lowest BCUT2D eigenvalue weighted by atomic mass is 10.0. The van der Waals surface area contributed by atoms with E-state index >= 15 is 0 Å². The Morgan fingerprint density at radius 2 is 1.92 bits per heavy atom. The van der Waals surface area contributed by atoms with E-state index in [1.54, 1.807) is 6.07 Å². The summed E-state index contributed by atoms with van der Waals surface area (Å²) in [6, 6.07) is 13.4. The fraction of sp³-hybridized carbons (Fsp3) is 0.263. The van der Waals surface area contributed by atoms with Crippen LogP contribution in [0.4, 0.5) is 5.82 Å². The van der Waals surface area contributed by atoms with Crippen molar-refractivity contribution in [1.82, 2.24) is 10.2 Å². The van der Waals surface area contributed by atoms with E-state index in [0.29, 0.717) is 11.6 Å². The molecule has 0 fully saturated rings. The Balaban J connectivity index is 1.76. The number of benzene rings is 2. The van der Waals surface area contributed by atoms with E-state index in [9.17, 15) is 4.79 Å². The molecule has 25 heavy (non-hydrogen) atoms. The van der Waals surface area contributed by atoms with Gasteiger partial charge in [-0.2, -0.15) is 5.10 Å². The van der Waals surface area contributed by atoms with Crippen LogP contribution in [0.3, 0.4) is 0 Å². The number of carbonyl (C=O) groups excluding carboxylic acids is 1. The van der Waals surface area contributed by atoms with E-state index in [1.165, 1.54) is 0 Å². The molecule has 6 heteroatoms. The molecule has 0 amide bonds. The van der Waals surface area contributed by atoms with Gasteiger partial charge in [0.05, 0.1) is 5.52 Å². The smallest absolute Gasteiger partial charge is 0.344 e. The summed E-state index contributed by atoms with van der Waals surface area (Å²) < 4.78 is 10.8. The summed E-state index contributed by atoms with van der Waals surface area (Å²) in [6.07, 6.45) is 0. The summed E-state index contributed by atoms with van der Waals surface area (Å²) in [5, 5.41) is 7.75. The van der Waals surface area contributed by atoms with Crippen LogP contribution in [-0.2, 0) is 9.53 Å². The van der Waals surface area contributed by atoms with E-state index in [0.717, 1.165) is 22.0 Å². The van der Waals surface area contributed by atoms with Gasteiger partial charge in [-0.05, 0) is 56.2 Å². The molecule has 6 nitrogen and oxygen atoms in total. The molecule has 0 aliphatic rings. The summed E-state index contributed by atoms with van der Waals surface area (Å²) in [4.78, 5) is 11.8. The number of carbonyl (C=O) groups is 1. The predicted molar refractivity (Wildman–Crippen MR) is 97.3 cm³/mol. The van der Waals surface area contributed by atoms with Gasteiger partial charge in [0.25, 0.3) is 0 Å². The molecule has 0 saturated carbocycles. The van der Waals surface area contributed by atoms with Crippen molar-refractivity contribution in [2.75, 3.05) is 12.3 Å². The second kappa shape index (κ2) is 6.47. The minimum Gasteiger partial charge on any atom is -0.482 e. The molecular weight excluding hydrogens is 318 g/mol. The molecule has 0 spiro atoms. The summed E-state index contributed by atoms with van der Waals surface area (Å²) in [5.41, 5.74) is 8.18. The standard InChI is InChI=1S/C19H21N3O3/c1-19(2,3)25-17(23)11-24-14-6-4-5-12(9-14)13-7-8-16-15(10-13)18(20)22-21-16/h4-10H,11H2,1-3H3,(H3,20,21,22). The van der Waals surface area contributed by atoms with Crippen molar-refractivity contribution in [2.45, 2.75) is 26.4 Å². The highest BCUT2D eigenvalue weighted by molar-refractivity contribution is 5.92. The van der Waals surface area contributed by atoms with Crippen LogP contribution in [0.15, 0.2) is 42.5 Å². The number of aromatic amines is 1. The molecular formula is C19H21N3O3.